The van der Waals surface area contributed by atoms with Crippen LogP contribution >= 0.6 is 0 Å². The molecule has 1 aromatic heterocycles. The normalized spacial score (nSPS) is 12.9. The number of nitro groups is 1. The average Bonchev–Trinajstić information content (AvgIpc) is 2.27. The van der Waals surface area contributed by atoms with E-state index in [-0.39, 0.29) is 5.82 Å². The van der Waals surface area contributed by atoms with Gasteiger partial charge in [-0.2, -0.15) is 18.2 Å². The summed E-state index contributed by atoms with van der Waals surface area (Å²) in [4.78, 5) is 13.2. The molecular formula is C8H9F3N4O3. The van der Waals surface area contributed by atoms with Crippen LogP contribution < -0.4 is 16.0 Å². The van der Waals surface area contributed by atoms with Crippen LogP contribution in [0, 0.1) is 10.1 Å². The van der Waals surface area contributed by atoms with Crippen LogP contribution in [0.25, 0.3) is 0 Å². The molecule has 1 heterocycles. The first-order valence-electron chi connectivity index (χ1n) is 4.61. The van der Waals surface area contributed by atoms with Crippen molar-refractivity contribution in [1.29, 1.82) is 0 Å². The Morgan fingerprint density at radius 1 is 1.56 bits per heavy atom. The second-order valence-corrected chi connectivity index (χ2v) is 3.22. The third-order valence-electron chi connectivity index (χ3n) is 1.93. The number of nitrogens with two attached hydrogens (primary N) is 1. The molecule has 0 saturated carbocycles. The van der Waals surface area contributed by atoms with Gasteiger partial charge in [-0.3, -0.25) is 10.1 Å². The van der Waals surface area contributed by atoms with Gasteiger partial charge in [0, 0.05) is 6.07 Å². The van der Waals surface area contributed by atoms with Gasteiger partial charge >= 0.3 is 11.9 Å². The lowest BCUT2D eigenvalue weighted by Crippen LogP contribution is -2.31. The van der Waals surface area contributed by atoms with E-state index in [1.54, 1.807) is 0 Å². The van der Waals surface area contributed by atoms with Crippen molar-refractivity contribution in [2.45, 2.75) is 19.2 Å². The van der Waals surface area contributed by atoms with Gasteiger partial charge in [-0.25, -0.2) is 5.84 Å². The second-order valence-electron chi connectivity index (χ2n) is 3.22. The molecule has 0 aromatic carbocycles. The molecule has 0 aliphatic rings. The van der Waals surface area contributed by atoms with Crippen molar-refractivity contribution >= 4 is 11.5 Å². The zero-order valence-corrected chi connectivity index (χ0v) is 9.06. The zero-order valence-electron chi connectivity index (χ0n) is 9.06. The van der Waals surface area contributed by atoms with Crippen molar-refractivity contribution in [3.8, 4) is 5.88 Å². The summed E-state index contributed by atoms with van der Waals surface area (Å²) in [6.07, 6.45) is -6.88. The van der Waals surface area contributed by atoms with Crippen LogP contribution in [-0.4, -0.2) is 22.2 Å². The van der Waals surface area contributed by atoms with Crippen molar-refractivity contribution in [3.05, 3.63) is 22.2 Å². The van der Waals surface area contributed by atoms with Crippen molar-refractivity contribution in [2.75, 3.05) is 5.43 Å². The highest BCUT2D eigenvalue weighted by atomic mass is 19.4. The van der Waals surface area contributed by atoms with E-state index in [4.69, 9.17) is 5.84 Å². The molecule has 1 aromatic rings. The number of hydrogen-bond donors (Lipinski definition) is 2. The lowest BCUT2D eigenvalue weighted by molar-refractivity contribution is -0.386. The average molecular weight is 266 g/mol. The summed E-state index contributed by atoms with van der Waals surface area (Å²) in [6, 6.07) is 2.09. The molecule has 7 nitrogen and oxygen atoms in total. The largest absolute Gasteiger partial charge is 0.460 e. The minimum atomic E-state index is -4.65. The molecule has 10 heteroatoms. The van der Waals surface area contributed by atoms with Gasteiger partial charge in [0.05, 0.1) is 4.92 Å². The van der Waals surface area contributed by atoms with E-state index in [1.807, 2.05) is 0 Å². The Kier molecular flexibility index (Phi) is 3.91. The van der Waals surface area contributed by atoms with Crippen molar-refractivity contribution in [3.63, 3.8) is 0 Å². The zero-order chi connectivity index (χ0) is 13.9. The van der Waals surface area contributed by atoms with Gasteiger partial charge in [0.2, 0.25) is 0 Å². The predicted octanol–water partition coefficient (Wildman–Crippen LogP) is 1.60. The monoisotopic (exact) mass is 266 g/mol. The Morgan fingerprint density at radius 3 is 2.61 bits per heavy atom. The highest BCUT2D eigenvalue weighted by Gasteiger charge is 2.39. The standard InChI is InChI=1S/C8H9F3N4O3/c1-4(8(9,10)11)18-7-5(15(16)17)2-3-6(13-7)14-12/h2-4H,12H2,1H3,(H,13,14). The number of nitrogens with one attached hydrogen (secondary N) is 1. The summed E-state index contributed by atoms with van der Waals surface area (Å²) in [5, 5.41) is 10.6. The van der Waals surface area contributed by atoms with Gasteiger partial charge in [-0.1, -0.05) is 0 Å². The first-order valence-corrected chi connectivity index (χ1v) is 4.61. The fourth-order valence-electron chi connectivity index (χ4n) is 0.973. The quantitative estimate of drug-likeness (QED) is 0.487. The number of hydrazine groups is 1. The van der Waals surface area contributed by atoms with E-state index in [0.717, 1.165) is 12.1 Å². The van der Waals surface area contributed by atoms with Crippen LogP contribution in [0.5, 0.6) is 5.88 Å². The second kappa shape index (κ2) is 5.04. The fraction of sp³-hybridized carbons (Fsp3) is 0.375. The maximum atomic E-state index is 12.3. The Morgan fingerprint density at radius 2 is 2.17 bits per heavy atom. The number of rotatable bonds is 4. The maximum Gasteiger partial charge on any atom is 0.425 e. The Balaban J connectivity index is 3.08. The Bertz CT molecular complexity index is 452. The van der Waals surface area contributed by atoms with Crippen LogP contribution in [-0.2, 0) is 0 Å². The molecule has 0 aliphatic heterocycles. The highest BCUT2D eigenvalue weighted by Crippen LogP contribution is 2.30. The molecule has 0 fully saturated rings. The maximum absolute atomic E-state index is 12.3. The lowest BCUT2D eigenvalue weighted by atomic mass is 10.3. The van der Waals surface area contributed by atoms with Crippen molar-refractivity contribution in [1.82, 2.24) is 4.98 Å². The van der Waals surface area contributed by atoms with Crippen LogP contribution in [0.4, 0.5) is 24.7 Å². The number of halogens is 3. The van der Waals surface area contributed by atoms with Crippen molar-refractivity contribution in [2.24, 2.45) is 5.84 Å². The molecule has 1 rings (SSSR count). The van der Waals surface area contributed by atoms with Crippen LogP contribution in [0.2, 0.25) is 0 Å². The van der Waals surface area contributed by atoms with E-state index in [2.05, 4.69) is 15.1 Å². The molecule has 0 amide bonds. The first-order chi connectivity index (χ1) is 8.25. The molecular weight excluding hydrogens is 257 g/mol. The van der Waals surface area contributed by atoms with Crippen LogP contribution in [0.1, 0.15) is 6.92 Å². The number of hydrogen-bond acceptors (Lipinski definition) is 6. The summed E-state index contributed by atoms with van der Waals surface area (Å²) < 4.78 is 41.3. The molecule has 0 aliphatic carbocycles. The molecule has 0 radical (unpaired) electrons. The smallest absolute Gasteiger partial charge is 0.425 e. The lowest BCUT2D eigenvalue weighted by Gasteiger charge is -2.16. The summed E-state index contributed by atoms with van der Waals surface area (Å²) in [5.74, 6) is 4.20. The molecule has 18 heavy (non-hydrogen) atoms. The number of nitrogens with zero attached hydrogens (tertiary/aromatic N) is 2. The molecule has 100 valence electrons. The summed E-state index contributed by atoms with van der Waals surface area (Å²) in [7, 11) is 0. The molecule has 0 saturated heterocycles. The third-order valence-corrected chi connectivity index (χ3v) is 1.93. The van der Waals surface area contributed by atoms with Gasteiger partial charge in [0.1, 0.15) is 5.82 Å². The van der Waals surface area contributed by atoms with Gasteiger partial charge in [-0.05, 0) is 13.0 Å². The first kappa shape index (κ1) is 14.0. The fourth-order valence-corrected chi connectivity index (χ4v) is 0.973. The number of nitrogen functional groups attached to an aromatic ring is 1. The van der Waals surface area contributed by atoms with Gasteiger partial charge in [-0.15, -0.1) is 0 Å². The predicted molar refractivity (Wildman–Crippen MR) is 54.8 cm³/mol. The third kappa shape index (κ3) is 3.20. The minimum Gasteiger partial charge on any atom is -0.460 e. The van der Waals surface area contributed by atoms with E-state index < -0.39 is 28.8 Å². The number of alkyl halides is 3. The van der Waals surface area contributed by atoms with E-state index in [0.29, 0.717) is 6.92 Å². The highest BCUT2D eigenvalue weighted by molar-refractivity contribution is 5.48. The summed E-state index contributed by atoms with van der Waals surface area (Å²) in [5.41, 5.74) is 1.37. The van der Waals surface area contributed by atoms with E-state index in [1.165, 1.54) is 0 Å². The summed E-state index contributed by atoms with van der Waals surface area (Å²) >= 11 is 0. The van der Waals surface area contributed by atoms with Gasteiger partial charge in [0.15, 0.2) is 6.10 Å². The summed E-state index contributed by atoms with van der Waals surface area (Å²) in [6.45, 7) is 0.716. The molecule has 3 N–H and O–H groups in total. The topological polar surface area (TPSA) is 103 Å². The number of ether oxygens (including phenoxy) is 1. The SMILES string of the molecule is CC(Oc1nc(NN)ccc1[N+](=O)[O-])C(F)(F)F. The minimum absolute atomic E-state index is 0.0509. The van der Waals surface area contributed by atoms with E-state index >= 15 is 0 Å². The number of anilines is 1. The molecule has 0 bridgehead atoms. The Labute approximate surface area is 98.9 Å². The van der Waals surface area contributed by atoms with Crippen LogP contribution in [0.3, 0.4) is 0 Å². The number of aromatic nitrogens is 1. The molecule has 0 spiro atoms. The van der Waals surface area contributed by atoms with E-state index in [9.17, 15) is 23.3 Å². The van der Waals surface area contributed by atoms with Gasteiger partial charge in [0.25, 0.3) is 5.88 Å². The molecule has 1 unspecified atom stereocenters. The molecule has 1 atom stereocenters. The van der Waals surface area contributed by atoms with Crippen molar-refractivity contribution < 1.29 is 22.8 Å². The Hall–Kier alpha value is -2.10. The van der Waals surface area contributed by atoms with Crippen LogP contribution in [0.15, 0.2) is 12.1 Å². The van der Waals surface area contributed by atoms with Gasteiger partial charge < -0.3 is 10.2 Å². The number of pyridine rings is 1.